The smallest absolute Gasteiger partial charge is 0.261 e. The summed E-state index contributed by atoms with van der Waals surface area (Å²) in [5.74, 6) is 0.861. The first kappa shape index (κ1) is 25.7. The molecule has 2 amide bonds. The van der Waals surface area contributed by atoms with Crippen LogP contribution in [0, 0.1) is 0 Å². The van der Waals surface area contributed by atoms with Crippen LogP contribution in [0.15, 0.2) is 46.9 Å². The molecule has 0 spiro atoms. The normalized spacial score (nSPS) is 11.7. The number of rotatable bonds is 11. The zero-order valence-electron chi connectivity index (χ0n) is 19.5. The number of halogens is 1. The number of benzene rings is 2. The van der Waals surface area contributed by atoms with E-state index in [1.807, 2.05) is 63.2 Å². The van der Waals surface area contributed by atoms with Crippen LogP contribution in [0.5, 0.6) is 11.5 Å². The molecule has 0 saturated heterocycles. The molecule has 0 radical (unpaired) electrons. The number of carbonyl (C=O) groups is 2. The van der Waals surface area contributed by atoms with E-state index in [4.69, 9.17) is 9.47 Å². The van der Waals surface area contributed by atoms with Crippen molar-refractivity contribution < 1.29 is 19.1 Å². The number of ether oxygens (including phenoxy) is 2. The molecular weight excluding hydrogens is 472 g/mol. The van der Waals surface area contributed by atoms with Crippen molar-refractivity contribution in [1.29, 1.82) is 0 Å². The topological polar surface area (TPSA) is 67.9 Å². The monoisotopic (exact) mass is 504 g/mol. The Morgan fingerprint density at radius 2 is 1.84 bits per heavy atom. The SMILES string of the molecule is CCc1ccc(OCC(=O)N(Cc2cccc(OC)c2)[C@@H](CC)C(=O)NC(C)C)c(Br)c1. The van der Waals surface area contributed by atoms with Crippen LogP contribution >= 0.6 is 15.9 Å². The van der Waals surface area contributed by atoms with Gasteiger partial charge in [-0.05, 0) is 78.0 Å². The fourth-order valence-electron chi connectivity index (χ4n) is 3.37. The molecule has 0 aromatic heterocycles. The number of aryl methyl sites for hydroxylation is 1. The minimum atomic E-state index is -0.606. The van der Waals surface area contributed by atoms with Gasteiger partial charge in [0.1, 0.15) is 17.5 Å². The van der Waals surface area contributed by atoms with E-state index in [0.29, 0.717) is 17.9 Å². The molecule has 2 aromatic rings. The van der Waals surface area contributed by atoms with Gasteiger partial charge in [0.2, 0.25) is 5.91 Å². The Labute approximate surface area is 199 Å². The van der Waals surface area contributed by atoms with Crippen LogP contribution in [-0.2, 0) is 22.6 Å². The fourth-order valence-corrected chi connectivity index (χ4v) is 3.91. The van der Waals surface area contributed by atoms with Gasteiger partial charge < -0.3 is 19.7 Å². The van der Waals surface area contributed by atoms with Gasteiger partial charge in [-0.3, -0.25) is 9.59 Å². The summed E-state index contributed by atoms with van der Waals surface area (Å²) in [4.78, 5) is 27.7. The summed E-state index contributed by atoms with van der Waals surface area (Å²) in [5, 5.41) is 2.93. The van der Waals surface area contributed by atoms with E-state index in [9.17, 15) is 9.59 Å². The van der Waals surface area contributed by atoms with Crippen molar-refractivity contribution in [2.24, 2.45) is 0 Å². The van der Waals surface area contributed by atoms with Crippen LogP contribution in [-0.4, -0.2) is 42.5 Å². The predicted octanol–water partition coefficient (Wildman–Crippen LogP) is 4.73. The Morgan fingerprint density at radius 1 is 1.09 bits per heavy atom. The van der Waals surface area contributed by atoms with Gasteiger partial charge in [-0.15, -0.1) is 0 Å². The summed E-state index contributed by atoms with van der Waals surface area (Å²) < 4.78 is 11.9. The summed E-state index contributed by atoms with van der Waals surface area (Å²) in [6.45, 7) is 7.89. The first-order valence-electron chi connectivity index (χ1n) is 10.9. The van der Waals surface area contributed by atoms with Crippen molar-refractivity contribution in [3.8, 4) is 11.5 Å². The second-order valence-electron chi connectivity index (χ2n) is 7.87. The number of hydrogen-bond acceptors (Lipinski definition) is 4. The van der Waals surface area contributed by atoms with Gasteiger partial charge in [0.05, 0.1) is 11.6 Å². The number of nitrogens with zero attached hydrogens (tertiary/aromatic N) is 1. The maximum absolute atomic E-state index is 13.3. The number of amides is 2. The van der Waals surface area contributed by atoms with Crippen molar-refractivity contribution >= 4 is 27.7 Å². The third-order valence-corrected chi connectivity index (χ3v) is 5.68. The summed E-state index contributed by atoms with van der Waals surface area (Å²) in [5.41, 5.74) is 2.05. The van der Waals surface area contributed by atoms with Crippen LogP contribution in [0.25, 0.3) is 0 Å². The lowest BCUT2D eigenvalue weighted by molar-refractivity contribution is -0.143. The van der Waals surface area contributed by atoms with Crippen LogP contribution in [0.2, 0.25) is 0 Å². The van der Waals surface area contributed by atoms with Gasteiger partial charge in [-0.2, -0.15) is 0 Å². The molecule has 6 nitrogen and oxygen atoms in total. The van der Waals surface area contributed by atoms with Crippen molar-refractivity contribution in [2.75, 3.05) is 13.7 Å². The van der Waals surface area contributed by atoms with Gasteiger partial charge in [-0.1, -0.05) is 32.0 Å². The zero-order valence-corrected chi connectivity index (χ0v) is 21.1. The average Bonchev–Trinajstić information content (AvgIpc) is 2.77. The van der Waals surface area contributed by atoms with Crippen LogP contribution in [0.1, 0.15) is 45.2 Å². The molecule has 0 aliphatic rings. The van der Waals surface area contributed by atoms with Crippen LogP contribution < -0.4 is 14.8 Å². The zero-order chi connectivity index (χ0) is 23.7. The number of carbonyl (C=O) groups excluding carboxylic acids is 2. The van der Waals surface area contributed by atoms with Crippen LogP contribution in [0.3, 0.4) is 0 Å². The van der Waals surface area contributed by atoms with Gasteiger partial charge in [0.25, 0.3) is 5.91 Å². The lowest BCUT2D eigenvalue weighted by Gasteiger charge is -2.31. The van der Waals surface area contributed by atoms with Gasteiger partial charge in [0.15, 0.2) is 6.61 Å². The molecule has 0 aliphatic carbocycles. The fraction of sp³-hybridized carbons (Fsp3) is 0.440. The highest BCUT2D eigenvalue weighted by Crippen LogP contribution is 2.26. The Morgan fingerprint density at radius 3 is 2.44 bits per heavy atom. The average molecular weight is 505 g/mol. The quantitative estimate of drug-likeness (QED) is 0.480. The van der Waals surface area contributed by atoms with E-state index < -0.39 is 6.04 Å². The van der Waals surface area contributed by atoms with Crippen molar-refractivity contribution in [1.82, 2.24) is 10.2 Å². The molecule has 0 saturated carbocycles. The molecule has 0 unspecified atom stereocenters. The minimum Gasteiger partial charge on any atom is -0.497 e. The largest absolute Gasteiger partial charge is 0.497 e. The Hall–Kier alpha value is -2.54. The molecule has 32 heavy (non-hydrogen) atoms. The maximum atomic E-state index is 13.3. The Balaban J connectivity index is 2.25. The molecule has 7 heteroatoms. The predicted molar refractivity (Wildman–Crippen MR) is 130 cm³/mol. The molecule has 2 aromatic carbocycles. The molecule has 2 rings (SSSR count). The second-order valence-corrected chi connectivity index (χ2v) is 8.72. The highest BCUT2D eigenvalue weighted by molar-refractivity contribution is 9.10. The van der Waals surface area contributed by atoms with E-state index in [1.54, 1.807) is 12.0 Å². The summed E-state index contributed by atoms with van der Waals surface area (Å²) in [6, 6.07) is 12.7. The van der Waals surface area contributed by atoms with Gasteiger partial charge >= 0.3 is 0 Å². The van der Waals surface area contributed by atoms with E-state index in [0.717, 1.165) is 16.5 Å². The third kappa shape index (κ3) is 7.26. The van der Waals surface area contributed by atoms with Crippen LogP contribution in [0.4, 0.5) is 0 Å². The molecule has 174 valence electrons. The first-order valence-corrected chi connectivity index (χ1v) is 11.7. The number of nitrogens with one attached hydrogen (secondary N) is 1. The summed E-state index contributed by atoms with van der Waals surface area (Å²) >= 11 is 3.51. The molecule has 1 atom stereocenters. The lowest BCUT2D eigenvalue weighted by Crippen LogP contribution is -2.51. The minimum absolute atomic E-state index is 0.0189. The molecular formula is C25H33BrN2O4. The van der Waals surface area contributed by atoms with Crippen molar-refractivity contribution in [3.63, 3.8) is 0 Å². The standard InChI is InChI=1S/C25H33BrN2O4/c1-6-18-11-12-23(21(26)14-18)32-16-24(29)28(22(7-2)25(30)27-17(3)4)15-19-9-8-10-20(13-19)31-5/h8-14,17,22H,6-7,15-16H2,1-5H3,(H,27,30)/t22-/m0/s1. The van der Waals surface area contributed by atoms with E-state index in [2.05, 4.69) is 28.2 Å². The van der Waals surface area contributed by atoms with Crippen molar-refractivity contribution in [2.45, 2.75) is 59.2 Å². The number of hydrogen-bond donors (Lipinski definition) is 1. The van der Waals surface area contributed by atoms with Gasteiger partial charge in [-0.25, -0.2) is 0 Å². The first-order chi connectivity index (χ1) is 15.3. The lowest BCUT2D eigenvalue weighted by atomic mass is 10.1. The molecule has 0 heterocycles. The maximum Gasteiger partial charge on any atom is 0.261 e. The molecule has 0 bridgehead atoms. The van der Waals surface area contributed by atoms with Gasteiger partial charge in [0, 0.05) is 12.6 Å². The summed E-state index contributed by atoms with van der Waals surface area (Å²) in [6.07, 6.45) is 1.40. The molecule has 1 N–H and O–H groups in total. The Kier molecular flexibility index (Phi) is 10.0. The third-order valence-electron chi connectivity index (χ3n) is 5.06. The highest BCUT2D eigenvalue weighted by Gasteiger charge is 2.29. The van der Waals surface area contributed by atoms with E-state index >= 15 is 0 Å². The molecule has 0 aliphatic heterocycles. The Bertz CT molecular complexity index is 917. The molecule has 0 fully saturated rings. The second kappa shape index (κ2) is 12.5. The van der Waals surface area contributed by atoms with Crippen molar-refractivity contribution in [3.05, 3.63) is 58.1 Å². The van der Waals surface area contributed by atoms with E-state index in [-0.39, 0.29) is 31.0 Å². The highest BCUT2D eigenvalue weighted by atomic mass is 79.9. The number of methoxy groups -OCH3 is 1. The summed E-state index contributed by atoms with van der Waals surface area (Å²) in [7, 11) is 1.60. The van der Waals surface area contributed by atoms with E-state index in [1.165, 1.54) is 5.56 Å².